The fourth-order valence-corrected chi connectivity index (χ4v) is 0.132. The molecule has 0 aromatic heterocycles. The summed E-state index contributed by atoms with van der Waals surface area (Å²) >= 11 is 0. The van der Waals surface area contributed by atoms with Crippen LogP contribution in [-0.4, -0.2) is 22.1 Å². The number of nitrogens with one attached hydrogen (secondary N) is 1. The van der Waals surface area contributed by atoms with Crippen molar-refractivity contribution in [3.8, 4) is 0 Å². The van der Waals surface area contributed by atoms with E-state index in [9.17, 15) is 4.79 Å². The summed E-state index contributed by atoms with van der Waals surface area (Å²) in [5, 5.41) is 18.5. The van der Waals surface area contributed by atoms with Crippen molar-refractivity contribution < 1.29 is 15.1 Å². The van der Waals surface area contributed by atoms with Crippen molar-refractivity contribution in [1.29, 1.82) is 0 Å². The normalized spacial score (nSPS) is 10.9. The Morgan fingerprint density at radius 1 is 1.75 bits per heavy atom. The van der Waals surface area contributed by atoms with Crippen LogP contribution in [0.3, 0.4) is 0 Å². The molecule has 0 aliphatic rings. The van der Waals surface area contributed by atoms with Gasteiger partial charge in [-0.05, 0) is 0 Å². The number of nitrogens with two attached hydrogens (primary N) is 1. The fraction of sp³-hybridized carbons (Fsp3) is 0. The van der Waals surface area contributed by atoms with Gasteiger partial charge in [0, 0.05) is 0 Å². The molecule has 0 radical (unpaired) electrons. The number of hydrogen-bond acceptors (Lipinski definition) is 4. The first kappa shape index (κ1) is 6.70. The standard InChI is InChI=1S/C2H5N3O3/c3-4-1(5-8)2(6)7/h8H,3H2,(H,4,5)(H,6,7). The molecular formula is C2H5N3O3. The van der Waals surface area contributed by atoms with E-state index in [4.69, 9.17) is 10.3 Å². The molecule has 0 spiro atoms. The van der Waals surface area contributed by atoms with Gasteiger partial charge >= 0.3 is 5.97 Å². The number of nitrogens with zero attached hydrogens (tertiary/aromatic N) is 1. The number of rotatable bonds is 0. The molecule has 0 bridgehead atoms. The van der Waals surface area contributed by atoms with Gasteiger partial charge in [0.25, 0.3) is 5.84 Å². The highest BCUT2D eigenvalue weighted by Crippen LogP contribution is 1.64. The quantitative estimate of drug-likeness (QED) is 0.132. The van der Waals surface area contributed by atoms with Gasteiger partial charge in [-0.25, -0.2) is 10.3 Å². The fourth-order valence-electron chi connectivity index (χ4n) is 0.132. The molecule has 0 heterocycles. The lowest BCUT2D eigenvalue weighted by atomic mass is 10.6. The molecule has 0 aromatic carbocycles. The number of aliphatic carboxylic acids is 1. The van der Waals surface area contributed by atoms with Crippen molar-refractivity contribution in [3.05, 3.63) is 0 Å². The molecule has 0 aliphatic heterocycles. The zero-order chi connectivity index (χ0) is 6.57. The van der Waals surface area contributed by atoms with E-state index in [0.717, 1.165) is 0 Å². The molecule has 6 heteroatoms. The first-order chi connectivity index (χ1) is 3.72. The van der Waals surface area contributed by atoms with Gasteiger partial charge in [-0.1, -0.05) is 0 Å². The Morgan fingerprint density at radius 3 is 2.25 bits per heavy atom. The molecule has 0 amide bonds. The Balaban J connectivity index is 3.92. The van der Waals surface area contributed by atoms with Crippen LogP contribution < -0.4 is 11.3 Å². The second kappa shape index (κ2) is 2.80. The number of carboxylic acids is 1. The number of amidine groups is 1. The Hall–Kier alpha value is -1.30. The third kappa shape index (κ3) is 1.43. The maximum absolute atomic E-state index is 9.73. The first-order valence-corrected chi connectivity index (χ1v) is 1.63. The van der Waals surface area contributed by atoms with E-state index in [0.29, 0.717) is 0 Å². The highest BCUT2D eigenvalue weighted by molar-refractivity contribution is 6.33. The lowest BCUT2D eigenvalue weighted by Gasteiger charge is -1.91. The Morgan fingerprint density at radius 2 is 2.25 bits per heavy atom. The molecule has 0 saturated heterocycles. The molecule has 0 unspecified atom stereocenters. The summed E-state index contributed by atoms with van der Waals surface area (Å²) in [6.45, 7) is 0. The summed E-state index contributed by atoms with van der Waals surface area (Å²) in [5.41, 5.74) is 1.28. The van der Waals surface area contributed by atoms with Crippen LogP contribution in [0.5, 0.6) is 0 Å². The SMILES string of the molecule is NN=C(NO)C(=O)O. The van der Waals surface area contributed by atoms with E-state index >= 15 is 0 Å². The van der Waals surface area contributed by atoms with Gasteiger partial charge in [-0.15, -0.1) is 0 Å². The van der Waals surface area contributed by atoms with Crippen LogP contribution in [0.4, 0.5) is 0 Å². The summed E-state index contributed by atoms with van der Waals surface area (Å²) in [6, 6.07) is 0. The second-order valence-corrected chi connectivity index (χ2v) is 0.895. The van der Waals surface area contributed by atoms with Gasteiger partial charge < -0.3 is 10.9 Å². The molecule has 6 nitrogen and oxygen atoms in total. The molecule has 0 atom stereocenters. The topological polar surface area (TPSA) is 108 Å². The van der Waals surface area contributed by atoms with E-state index in [2.05, 4.69) is 10.9 Å². The van der Waals surface area contributed by atoms with Gasteiger partial charge in [0.05, 0.1) is 0 Å². The maximum Gasteiger partial charge on any atom is 0.375 e. The van der Waals surface area contributed by atoms with Crippen LogP contribution in [0.25, 0.3) is 0 Å². The third-order valence-corrected chi connectivity index (χ3v) is 0.438. The highest BCUT2D eigenvalue weighted by Gasteiger charge is 2.04. The van der Waals surface area contributed by atoms with E-state index in [1.54, 1.807) is 0 Å². The minimum absolute atomic E-state index is 0.690. The van der Waals surface area contributed by atoms with Gasteiger partial charge in [0.15, 0.2) is 0 Å². The number of hydrazone groups is 1. The van der Waals surface area contributed by atoms with Crippen LogP contribution in [0.1, 0.15) is 0 Å². The van der Waals surface area contributed by atoms with Gasteiger partial charge in [-0.2, -0.15) is 5.10 Å². The van der Waals surface area contributed by atoms with Crippen molar-refractivity contribution in [1.82, 2.24) is 5.48 Å². The lowest BCUT2D eigenvalue weighted by Crippen LogP contribution is -2.29. The van der Waals surface area contributed by atoms with Crippen LogP contribution in [0.15, 0.2) is 5.10 Å². The number of carboxylic acid groups (broad SMARTS) is 1. The number of carbonyl (C=O) groups is 1. The summed E-state index contributed by atoms with van der Waals surface area (Å²) in [7, 11) is 0. The van der Waals surface area contributed by atoms with Crippen molar-refractivity contribution in [3.63, 3.8) is 0 Å². The lowest BCUT2D eigenvalue weighted by molar-refractivity contribution is -0.130. The van der Waals surface area contributed by atoms with Crippen molar-refractivity contribution in [2.75, 3.05) is 0 Å². The summed E-state index contributed by atoms with van der Waals surface area (Å²) in [4.78, 5) is 9.73. The van der Waals surface area contributed by atoms with Gasteiger partial charge in [0.1, 0.15) is 0 Å². The molecule has 0 aromatic rings. The Labute approximate surface area is 44.6 Å². The second-order valence-electron chi connectivity index (χ2n) is 0.895. The van der Waals surface area contributed by atoms with Crippen LogP contribution >= 0.6 is 0 Å². The Bertz CT molecular complexity index is 120. The smallest absolute Gasteiger partial charge is 0.375 e. The largest absolute Gasteiger partial charge is 0.475 e. The monoisotopic (exact) mass is 119 g/mol. The average molecular weight is 119 g/mol. The van der Waals surface area contributed by atoms with Gasteiger partial charge in [0.2, 0.25) is 0 Å². The third-order valence-electron chi connectivity index (χ3n) is 0.438. The van der Waals surface area contributed by atoms with E-state index in [1.807, 2.05) is 0 Å². The summed E-state index contributed by atoms with van der Waals surface area (Å²) < 4.78 is 0. The molecule has 5 N–H and O–H groups in total. The predicted octanol–water partition coefficient (Wildman–Crippen LogP) is -1.68. The number of hydroxylamine groups is 1. The molecule has 0 saturated carbocycles. The van der Waals surface area contributed by atoms with Crippen LogP contribution in [0.2, 0.25) is 0 Å². The predicted molar refractivity (Wildman–Crippen MR) is 24.2 cm³/mol. The van der Waals surface area contributed by atoms with Crippen molar-refractivity contribution >= 4 is 11.8 Å². The summed E-state index contributed by atoms with van der Waals surface area (Å²) in [6.07, 6.45) is 0. The van der Waals surface area contributed by atoms with Crippen LogP contribution in [0, 0.1) is 0 Å². The number of hydrogen-bond donors (Lipinski definition) is 4. The maximum atomic E-state index is 9.73. The minimum Gasteiger partial charge on any atom is -0.475 e. The first-order valence-electron chi connectivity index (χ1n) is 1.63. The molecule has 46 valence electrons. The zero-order valence-corrected chi connectivity index (χ0v) is 3.83. The van der Waals surface area contributed by atoms with Crippen LogP contribution in [-0.2, 0) is 4.79 Å². The average Bonchev–Trinajstić information content (AvgIpc) is 1.69. The summed E-state index contributed by atoms with van der Waals surface area (Å²) in [5.74, 6) is 2.37. The van der Waals surface area contributed by atoms with E-state index < -0.39 is 11.8 Å². The van der Waals surface area contributed by atoms with E-state index in [1.165, 1.54) is 5.48 Å². The van der Waals surface area contributed by atoms with Crippen molar-refractivity contribution in [2.24, 2.45) is 10.9 Å². The molecular weight excluding hydrogens is 114 g/mol. The minimum atomic E-state index is -1.41. The molecule has 0 aliphatic carbocycles. The van der Waals surface area contributed by atoms with Crippen molar-refractivity contribution in [2.45, 2.75) is 0 Å². The molecule has 0 fully saturated rings. The Kier molecular flexibility index (Phi) is 2.35. The zero-order valence-electron chi connectivity index (χ0n) is 3.83. The molecule has 0 rings (SSSR count). The van der Waals surface area contributed by atoms with E-state index in [-0.39, 0.29) is 0 Å². The van der Waals surface area contributed by atoms with Gasteiger partial charge in [-0.3, -0.25) is 5.21 Å². The molecule has 8 heavy (non-hydrogen) atoms. The highest BCUT2D eigenvalue weighted by atomic mass is 16.5.